The number of amides is 1. The summed E-state index contributed by atoms with van der Waals surface area (Å²) in [5, 5.41) is 3.97. The molecule has 0 fully saturated rings. The molecule has 0 radical (unpaired) electrons. The van der Waals surface area contributed by atoms with E-state index >= 15 is 0 Å². The summed E-state index contributed by atoms with van der Waals surface area (Å²) in [6.07, 6.45) is 0. The molecule has 6 heteroatoms. The maximum absolute atomic E-state index is 12.6. The van der Waals surface area contributed by atoms with Crippen molar-refractivity contribution >= 4 is 22.5 Å². The van der Waals surface area contributed by atoms with Crippen molar-refractivity contribution in [2.24, 2.45) is 0 Å². The number of hydrogen-bond donors (Lipinski definition) is 1. The molecule has 1 N–H and O–H groups in total. The lowest BCUT2D eigenvalue weighted by Gasteiger charge is -2.19. The Kier molecular flexibility index (Phi) is 5.10. The molecule has 0 saturated heterocycles. The highest BCUT2D eigenvalue weighted by Crippen LogP contribution is 2.32. The van der Waals surface area contributed by atoms with E-state index in [-0.39, 0.29) is 5.91 Å². The molecule has 31 heavy (non-hydrogen) atoms. The summed E-state index contributed by atoms with van der Waals surface area (Å²) in [4.78, 5) is 17.2. The van der Waals surface area contributed by atoms with Crippen molar-refractivity contribution < 1.29 is 19.0 Å². The van der Waals surface area contributed by atoms with Gasteiger partial charge in [0.15, 0.2) is 11.5 Å². The third-order valence-electron chi connectivity index (χ3n) is 4.96. The fraction of sp³-hybridized carbons (Fsp3) is 0.120. The second-order valence-corrected chi connectivity index (χ2v) is 7.12. The third-order valence-corrected chi connectivity index (χ3v) is 4.96. The lowest BCUT2D eigenvalue weighted by molar-refractivity contribution is 0.102. The fourth-order valence-corrected chi connectivity index (χ4v) is 3.37. The van der Waals surface area contributed by atoms with Crippen molar-refractivity contribution in [3.05, 3.63) is 90.1 Å². The number of rotatable bonds is 5. The average molecular weight is 412 g/mol. The molecule has 6 nitrogen and oxygen atoms in total. The van der Waals surface area contributed by atoms with Gasteiger partial charge in [-0.3, -0.25) is 4.79 Å². The van der Waals surface area contributed by atoms with E-state index in [1.165, 1.54) is 0 Å². The Morgan fingerprint density at radius 1 is 0.903 bits per heavy atom. The number of anilines is 1. The molecule has 1 aliphatic heterocycles. The number of pyridine rings is 1. The second-order valence-electron chi connectivity index (χ2n) is 7.12. The Bertz CT molecular complexity index is 1240. The number of fused-ring (bicyclic) bond motifs is 2. The summed E-state index contributed by atoms with van der Waals surface area (Å²) in [5.41, 5.74) is 2.97. The van der Waals surface area contributed by atoms with Crippen molar-refractivity contribution in [3.8, 4) is 17.2 Å². The monoisotopic (exact) mass is 412 g/mol. The Labute approximate surface area is 179 Å². The van der Waals surface area contributed by atoms with Crippen molar-refractivity contribution in [1.29, 1.82) is 0 Å². The van der Waals surface area contributed by atoms with Crippen molar-refractivity contribution in [2.75, 3.05) is 18.5 Å². The zero-order chi connectivity index (χ0) is 21.0. The Morgan fingerprint density at radius 2 is 1.71 bits per heavy atom. The van der Waals surface area contributed by atoms with E-state index in [1.807, 2.05) is 36.4 Å². The molecule has 0 saturated carbocycles. The van der Waals surface area contributed by atoms with Crippen LogP contribution >= 0.6 is 0 Å². The maximum Gasteiger partial charge on any atom is 0.255 e. The maximum atomic E-state index is 12.6. The summed E-state index contributed by atoms with van der Waals surface area (Å²) < 4.78 is 16.9. The molecule has 0 unspecified atom stereocenters. The molecular formula is C25H20N2O4. The molecule has 0 atom stereocenters. The lowest BCUT2D eigenvalue weighted by atomic mass is 10.2. The number of carbonyl (C=O) groups excluding carboxylic acids is 1. The van der Waals surface area contributed by atoms with Crippen LogP contribution < -0.4 is 19.5 Å². The molecule has 1 aromatic heterocycles. The standard InChI is InChI=1S/C25H20N2O4/c28-25(27-19-9-12-23-24(15-19)30-14-13-29-23)18-6-10-21(11-7-18)31-16-20-8-5-17-3-1-2-4-22(17)26-20/h1-12,15H,13-14,16H2,(H,27,28). The SMILES string of the molecule is O=C(Nc1ccc2c(c1)OCCO2)c1ccc(OCc2ccc3ccccc3n2)cc1. The number of para-hydroxylation sites is 1. The quantitative estimate of drug-likeness (QED) is 0.508. The minimum absolute atomic E-state index is 0.209. The summed E-state index contributed by atoms with van der Waals surface area (Å²) in [7, 11) is 0. The molecule has 0 bridgehead atoms. The van der Waals surface area contributed by atoms with E-state index in [9.17, 15) is 4.79 Å². The van der Waals surface area contributed by atoms with Gasteiger partial charge in [-0.05, 0) is 48.5 Å². The summed E-state index contributed by atoms with van der Waals surface area (Å²) in [5.74, 6) is 1.78. The van der Waals surface area contributed by atoms with Gasteiger partial charge in [-0.25, -0.2) is 4.98 Å². The van der Waals surface area contributed by atoms with Crippen LogP contribution in [0.3, 0.4) is 0 Å². The zero-order valence-corrected chi connectivity index (χ0v) is 16.7. The van der Waals surface area contributed by atoms with Crippen LogP contribution in [0.25, 0.3) is 10.9 Å². The van der Waals surface area contributed by atoms with E-state index < -0.39 is 0 Å². The van der Waals surface area contributed by atoms with E-state index in [1.54, 1.807) is 42.5 Å². The van der Waals surface area contributed by atoms with Crippen LogP contribution in [0.4, 0.5) is 5.69 Å². The van der Waals surface area contributed by atoms with Gasteiger partial charge in [-0.1, -0.05) is 24.3 Å². The van der Waals surface area contributed by atoms with Crippen LogP contribution in [0.5, 0.6) is 17.2 Å². The lowest BCUT2D eigenvalue weighted by Crippen LogP contribution is -2.16. The molecule has 154 valence electrons. The van der Waals surface area contributed by atoms with Gasteiger partial charge in [-0.15, -0.1) is 0 Å². The van der Waals surface area contributed by atoms with Crippen molar-refractivity contribution in [3.63, 3.8) is 0 Å². The smallest absolute Gasteiger partial charge is 0.255 e. The first kappa shape index (κ1) is 18.9. The van der Waals surface area contributed by atoms with E-state index in [4.69, 9.17) is 14.2 Å². The predicted molar refractivity (Wildman–Crippen MR) is 118 cm³/mol. The summed E-state index contributed by atoms with van der Waals surface area (Å²) in [6.45, 7) is 1.39. The minimum atomic E-state index is -0.209. The number of hydrogen-bond acceptors (Lipinski definition) is 5. The fourth-order valence-electron chi connectivity index (χ4n) is 3.37. The highest BCUT2D eigenvalue weighted by Gasteiger charge is 2.13. The van der Waals surface area contributed by atoms with Crippen molar-refractivity contribution in [1.82, 2.24) is 4.98 Å². The number of benzene rings is 3. The highest BCUT2D eigenvalue weighted by molar-refractivity contribution is 6.04. The third kappa shape index (κ3) is 4.28. The first-order chi connectivity index (χ1) is 15.2. The largest absolute Gasteiger partial charge is 0.487 e. The molecule has 1 amide bonds. The number of nitrogens with zero attached hydrogens (tertiary/aromatic N) is 1. The number of carbonyl (C=O) groups is 1. The van der Waals surface area contributed by atoms with Crippen LogP contribution in [-0.2, 0) is 6.61 Å². The van der Waals surface area contributed by atoms with Crippen LogP contribution in [0.15, 0.2) is 78.9 Å². The molecule has 3 aromatic carbocycles. The first-order valence-corrected chi connectivity index (χ1v) is 10.0. The Morgan fingerprint density at radius 3 is 2.58 bits per heavy atom. The molecule has 5 rings (SSSR count). The van der Waals surface area contributed by atoms with Gasteiger partial charge in [0.1, 0.15) is 25.6 Å². The van der Waals surface area contributed by atoms with Gasteiger partial charge in [0.05, 0.1) is 11.2 Å². The molecule has 4 aromatic rings. The number of nitrogens with one attached hydrogen (secondary N) is 1. The topological polar surface area (TPSA) is 69.7 Å². The van der Waals surface area contributed by atoms with Gasteiger partial charge in [-0.2, -0.15) is 0 Å². The Balaban J connectivity index is 1.21. The predicted octanol–water partition coefficient (Wildman–Crippen LogP) is 4.84. The van der Waals surface area contributed by atoms with Crippen LogP contribution in [0.1, 0.15) is 16.1 Å². The van der Waals surface area contributed by atoms with E-state index in [0.29, 0.717) is 48.3 Å². The first-order valence-electron chi connectivity index (χ1n) is 10.0. The van der Waals surface area contributed by atoms with Gasteiger partial charge in [0.2, 0.25) is 0 Å². The average Bonchev–Trinajstić information content (AvgIpc) is 2.83. The molecule has 0 aliphatic carbocycles. The summed E-state index contributed by atoms with van der Waals surface area (Å²) in [6, 6.07) is 24.3. The summed E-state index contributed by atoms with van der Waals surface area (Å²) >= 11 is 0. The van der Waals surface area contributed by atoms with E-state index in [0.717, 1.165) is 16.6 Å². The van der Waals surface area contributed by atoms with Crippen LogP contribution in [0, 0.1) is 0 Å². The Hall–Kier alpha value is -4.06. The molecule has 2 heterocycles. The van der Waals surface area contributed by atoms with Gasteiger partial charge < -0.3 is 19.5 Å². The van der Waals surface area contributed by atoms with Gasteiger partial charge in [0.25, 0.3) is 5.91 Å². The van der Waals surface area contributed by atoms with Crippen molar-refractivity contribution in [2.45, 2.75) is 6.61 Å². The minimum Gasteiger partial charge on any atom is -0.487 e. The second kappa shape index (κ2) is 8.36. The highest BCUT2D eigenvalue weighted by atomic mass is 16.6. The van der Waals surface area contributed by atoms with Crippen LogP contribution in [-0.4, -0.2) is 24.1 Å². The molecule has 0 spiro atoms. The van der Waals surface area contributed by atoms with Crippen LogP contribution in [0.2, 0.25) is 0 Å². The zero-order valence-electron chi connectivity index (χ0n) is 16.7. The number of aromatic nitrogens is 1. The van der Waals surface area contributed by atoms with E-state index in [2.05, 4.69) is 10.3 Å². The molecule has 1 aliphatic rings. The van der Waals surface area contributed by atoms with Gasteiger partial charge >= 0.3 is 0 Å². The van der Waals surface area contributed by atoms with Gasteiger partial charge in [0, 0.05) is 22.7 Å². The number of ether oxygens (including phenoxy) is 3. The normalized spacial score (nSPS) is 12.4. The molecular weight excluding hydrogens is 392 g/mol.